The van der Waals surface area contributed by atoms with Gasteiger partial charge in [0.15, 0.2) is 0 Å². The first-order valence-electron chi connectivity index (χ1n) is 12.4. The fraction of sp³-hybridized carbons (Fsp3) is 0.920. The summed E-state index contributed by atoms with van der Waals surface area (Å²) < 4.78 is 14.3. The fourth-order valence-electron chi connectivity index (χ4n) is 4.12. The maximum atomic E-state index is 6.79. The van der Waals surface area contributed by atoms with Crippen LogP contribution >= 0.6 is 0 Å². The molecule has 0 aromatic heterocycles. The summed E-state index contributed by atoms with van der Waals surface area (Å²) in [5.41, 5.74) is 0.241. The molecule has 0 heterocycles. The summed E-state index contributed by atoms with van der Waals surface area (Å²) in [5.74, 6) is 0. The molecule has 0 spiro atoms. The molecule has 0 aromatic rings. The first-order valence-corrected chi connectivity index (χ1v) is 23.5. The molecular formula is C25H54OSiSn. The Morgan fingerprint density at radius 3 is 1.57 bits per heavy atom. The van der Waals surface area contributed by atoms with Gasteiger partial charge in [-0.25, -0.2) is 0 Å². The Morgan fingerprint density at radius 1 is 0.786 bits per heavy atom. The van der Waals surface area contributed by atoms with E-state index in [9.17, 15) is 0 Å². The summed E-state index contributed by atoms with van der Waals surface area (Å²) in [6.07, 6.45) is 15.1. The van der Waals surface area contributed by atoms with Crippen molar-refractivity contribution >= 4 is 26.7 Å². The molecule has 0 radical (unpaired) electrons. The van der Waals surface area contributed by atoms with E-state index in [0.29, 0.717) is 6.10 Å². The van der Waals surface area contributed by atoms with Gasteiger partial charge in [-0.1, -0.05) is 0 Å². The topological polar surface area (TPSA) is 9.23 Å². The first-order chi connectivity index (χ1) is 13.1. The van der Waals surface area contributed by atoms with Crippen LogP contribution in [0.25, 0.3) is 0 Å². The summed E-state index contributed by atoms with van der Waals surface area (Å²) in [4.78, 5) is 0. The average Bonchev–Trinajstić information content (AvgIpc) is 2.63. The maximum absolute atomic E-state index is 6.79. The van der Waals surface area contributed by atoms with Gasteiger partial charge in [0.05, 0.1) is 0 Å². The Balaban J connectivity index is 5.73. The monoisotopic (exact) mass is 518 g/mol. The van der Waals surface area contributed by atoms with Gasteiger partial charge in [-0.15, -0.1) is 0 Å². The second kappa shape index (κ2) is 14.7. The van der Waals surface area contributed by atoms with Gasteiger partial charge >= 0.3 is 185 Å². The van der Waals surface area contributed by atoms with Crippen molar-refractivity contribution in [2.75, 3.05) is 0 Å². The van der Waals surface area contributed by atoms with E-state index in [-0.39, 0.29) is 5.41 Å². The summed E-state index contributed by atoms with van der Waals surface area (Å²) >= 11 is -2.24. The molecule has 0 amide bonds. The van der Waals surface area contributed by atoms with Crippen molar-refractivity contribution in [3.8, 4) is 0 Å². The molecule has 0 aliphatic carbocycles. The molecule has 0 N–H and O–H groups in total. The molecule has 0 aliphatic rings. The van der Waals surface area contributed by atoms with Crippen LogP contribution in [-0.4, -0.2) is 32.8 Å². The number of hydrogen-bond donors (Lipinski definition) is 0. The molecule has 0 aromatic carbocycles. The van der Waals surface area contributed by atoms with Crippen molar-refractivity contribution < 1.29 is 4.43 Å². The van der Waals surface area contributed by atoms with Crippen molar-refractivity contribution in [2.24, 2.45) is 5.41 Å². The second-order valence-electron chi connectivity index (χ2n) is 10.8. The minimum absolute atomic E-state index is 0.241. The van der Waals surface area contributed by atoms with Crippen LogP contribution < -0.4 is 0 Å². The Labute approximate surface area is 184 Å². The van der Waals surface area contributed by atoms with Crippen molar-refractivity contribution in [2.45, 2.75) is 138 Å². The van der Waals surface area contributed by atoms with Gasteiger partial charge in [-0.2, -0.15) is 0 Å². The van der Waals surface area contributed by atoms with Crippen LogP contribution in [0.2, 0.25) is 33.0 Å². The van der Waals surface area contributed by atoms with E-state index in [1.165, 1.54) is 57.8 Å². The van der Waals surface area contributed by atoms with E-state index in [4.69, 9.17) is 4.43 Å². The van der Waals surface area contributed by atoms with Gasteiger partial charge in [-0.05, 0) is 0 Å². The van der Waals surface area contributed by atoms with Gasteiger partial charge in [0, 0.05) is 0 Å². The van der Waals surface area contributed by atoms with Gasteiger partial charge in [0.1, 0.15) is 0 Å². The minimum atomic E-state index is -2.24. The molecular weight excluding hydrogens is 463 g/mol. The van der Waals surface area contributed by atoms with Crippen LogP contribution in [0, 0.1) is 5.41 Å². The molecule has 0 fully saturated rings. The summed E-state index contributed by atoms with van der Waals surface area (Å²) in [6, 6.07) is 0. The zero-order chi connectivity index (χ0) is 21.7. The zero-order valence-electron chi connectivity index (χ0n) is 21.1. The molecule has 0 saturated carbocycles. The van der Waals surface area contributed by atoms with Gasteiger partial charge in [-0.3, -0.25) is 0 Å². The van der Waals surface area contributed by atoms with Crippen molar-refractivity contribution in [1.82, 2.24) is 0 Å². The van der Waals surface area contributed by atoms with Gasteiger partial charge < -0.3 is 0 Å². The fourth-order valence-corrected chi connectivity index (χ4v) is 19.6. The Hall–Kier alpha value is 0.716. The van der Waals surface area contributed by atoms with E-state index in [1.807, 2.05) is 0 Å². The van der Waals surface area contributed by atoms with Crippen LogP contribution in [0.5, 0.6) is 0 Å². The number of unbranched alkanes of at least 4 members (excludes halogenated alkanes) is 4. The summed E-state index contributed by atoms with van der Waals surface area (Å²) in [5, 5.41) is 0. The first kappa shape index (κ1) is 28.7. The zero-order valence-corrected chi connectivity index (χ0v) is 25.0. The Bertz CT molecular complexity index is 389. The van der Waals surface area contributed by atoms with Crippen LogP contribution in [0.15, 0.2) is 10.2 Å². The van der Waals surface area contributed by atoms with Gasteiger partial charge in [0.25, 0.3) is 0 Å². The molecule has 1 atom stereocenters. The molecule has 0 bridgehead atoms. The summed E-state index contributed by atoms with van der Waals surface area (Å²) in [7, 11) is -1.57. The standard InChI is InChI=1S/C13H27OSi.3C4H9.Sn/c1-8-10-11-13(3,4)12(9-2)14-15(5,6)7;3*1-3-4-2;/h2,9,12H,8,10-11H2,1,3-7H3;3*1,3-4H2,2H3;. The molecule has 3 heteroatoms. The molecule has 1 unspecified atom stereocenters. The molecule has 28 heavy (non-hydrogen) atoms. The molecule has 0 aliphatic heterocycles. The third-order valence-corrected chi connectivity index (χ3v) is 21.2. The molecule has 0 rings (SSSR count). The van der Waals surface area contributed by atoms with E-state index >= 15 is 0 Å². The molecule has 0 saturated heterocycles. The van der Waals surface area contributed by atoms with E-state index in [1.54, 1.807) is 13.3 Å². The quantitative estimate of drug-likeness (QED) is 0.175. The van der Waals surface area contributed by atoms with Crippen molar-refractivity contribution in [1.29, 1.82) is 0 Å². The van der Waals surface area contributed by atoms with Crippen LogP contribution in [-0.2, 0) is 4.43 Å². The Kier molecular flexibility index (Phi) is 15.0. The van der Waals surface area contributed by atoms with Crippen LogP contribution in [0.4, 0.5) is 0 Å². The predicted molar refractivity (Wildman–Crippen MR) is 136 cm³/mol. The van der Waals surface area contributed by atoms with Crippen molar-refractivity contribution in [3.05, 3.63) is 10.2 Å². The van der Waals surface area contributed by atoms with Crippen LogP contribution in [0.1, 0.15) is 99.3 Å². The summed E-state index contributed by atoms with van der Waals surface area (Å²) in [6.45, 7) is 21.4. The SMILES string of the molecule is CCCCC(C)(C)C(/C=[CH]/[Sn]([CH2]CCC)([CH2]CCC)[CH2]CCC)O[Si](C)(C)C. The normalized spacial score (nSPS) is 14.8. The average molecular weight is 518 g/mol. The van der Waals surface area contributed by atoms with E-state index < -0.39 is 26.7 Å². The number of rotatable bonds is 17. The van der Waals surface area contributed by atoms with Gasteiger partial charge in [0.2, 0.25) is 0 Å². The van der Waals surface area contributed by atoms with E-state index in [2.05, 4.69) is 71.4 Å². The predicted octanol–water partition coefficient (Wildman–Crippen LogP) is 9.37. The Morgan fingerprint density at radius 2 is 1.21 bits per heavy atom. The molecule has 1 nitrogen and oxygen atoms in total. The van der Waals surface area contributed by atoms with Crippen LogP contribution in [0.3, 0.4) is 0 Å². The molecule has 168 valence electrons. The van der Waals surface area contributed by atoms with E-state index in [0.717, 1.165) is 0 Å². The third kappa shape index (κ3) is 12.4. The second-order valence-corrected chi connectivity index (χ2v) is 28.2. The third-order valence-electron chi connectivity index (χ3n) is 6.13. The van der Waals surface area contributed by atoms with Crippen molar-refractivity contribution in [3.63, 3.8) is 0 Å². The number of hydrogen-bond acceptors (Lipinski definition) is 1.